The number of halogens is 1. The van der Waals surface area contributed by atoms with Crippen LogP contribution in [-0.2, 0) is 6.42 Å². The number of hydrogen-bond donors (Lipinski definition) is 2. The van der Waals surface area contributed by atoms with E-state index in [0.717, 1.165) is 17.7 Å². The van der Waals surface area contributed by atoms with E-state index in [4.69, 9.17) is 21.1 Å². The number of phenols is 1. The van der Waals surface area contributed by atoms with E-state index in [0.29, 0.717) is 40.1 Å². The van der Waals surface area contributed by atoms with Crippen molar-refractivity contribution in [1.82, 2.24) is 10.2 Å². The maximum atomic E-state index is 10.6. The predicted molar refractivity (Wildman–Crippen MR) is 118 cm³/mol. The number of hydrogen-bond acceptors (Lipinski definition) is 4. The van der Waals surface area contributed by atoms with Crippen LogP contribution < -0.4 is 9.47 Å². The number of nitrogens with zero attached hydrogens (tertiary/aromatic N) is 1. The molecule has 0 unspecified atom stereocenters. The van der Waals surface area contributed by atoms with Gasteiger partial charge in [-0.1, -0.05) is 41.9 Å². The topological polar surface area (TPSA) is 67.4 Å². The third-order valence-electron chi connectivity index (χ3n) is 4.65. The molecule has 0 aliphatic carbocycles. The minimum absolute atomic E-state index is 0.0726. The van der Waals surface area contributed by atoms with Gasteiger partial charge >= 0.3 is 0 Å². The number of aryl methyl sites for hydroxylation is 1. The smallest absolute Gasteiger partial charge is 0.176 e. The molecule has 0 aliphatic rings. The van der Waals surface area contributed by atoms with E-state index in [-0.39, 0.29) is 5.75 Å². The third-order valence-corrected chi connectivity index (χ3v) is 4.90. The number of aromatic nitrogens is 2. The van der Waals surface area contributed by atoms with Crippen molar-refractivity contribution in [3.8, 4) is 34.3 Å². The van der Waals surface area contributed by atoms with Crippen LogP contribution in [0.25, 0.3) is 11.3 Å². The molecule has 0 fully saturated rings. The minimum atomic E-state index is 0.0726. The number of para-hydroxylation sites is 1. The summed E-state index contributed by atoms with van der Waals surface area (Å²) in [6.07, 6.45) is 0.743. The molecule has 0 amide bonds. The van der Waals surface area contributed by atoms with Gasteiger partial charge in [0.1, 0.15) is 22.9 Å². The first-order valence-electron chi connectivity index (χ1n) is 9.58. The summed E-state index contributed by atoms with van der Waals surface area (Å²) in [5.74, 6) is 1.93. The number of nitrogens with one attached hydrogen (secondary N) is 1. The van der Waals surface area contributed by atoms with E-state index in [1.807, 2.05) is 67.6 Å². The standard InChI is InChI=1S/C24H21ClN2O3/c1-16-24(30-19-5-3-2-4-6-19)23(27-26-16)21-12-11-20(15-22(21)28)29-14-13-17-7-9-18(25)10-8-17/h2-12,15,28H,13-14H2,1H3,(H,26,27). The molecule has 1 heterocycles. The van der Waals surface area contributed by atoms with Crippen molar-refractivity contribution < 1.29 is 14.6 Å². The highest BCUT2D eigenvalue weighted by atomic mass is 35.5. The molecule has 4 aromatic rings. The summed E-state index contributed by atoms with van der Waals surface area (Å²) in [6, 6.07) is 22.3. The fraction of sp³-hybridized carbons (Fsp3) is 0.125. The van der Waals surface area contributed by atoms with Crippen molar-refractivity contribution in [2.75, 3.05) is 6.61 Å². The number of rotatable bonds is 7. The summed E-state index contributed by atoms with van der Waals surface area (Å²) in [5.41, 5.74) is 3.02. The van der Waals surface area contributed by atoms with Gasteiger partial charge in [-0.15, -0.1) is 0 Å². The highest BCUT2D eigenvalue weighted by Crippen LogP contribution is 2.39. The van der Waals surface area contributed by atoms with E-state index in [1.54, 1.807) is 12.1 Å². The number of aromatic amines is 1. The molecule has 1 aromatic heterocycles. The molecule has 2 N–H and O–H groups in total. The minimum Gasteiger partial charge on any atom is -0.507 e. The highest BCUT2D eigenvalue weighted by molar-refractivity contribution is 6.30. The number of ether oxygens (including phenoxy) is 2. The molecule has 30 heavy (non-hydrogen) atoms. The van der Waals surface area contributed by atoms with Gasteiger partial charge in [-0.3, -0.25) is 5.10 Å². The van der Waals surface area contributed by atoms with Crippen LogP contribution in [0.5, 0.6) is 23.0 Å². The van der Waals surface area contributed by atoms with Crippen LogP contribution in [0.1, 0.15) is 11.3 Å². The van der Waals surface area contributed by atoms with Gasteiger partial charge in [0.2, 0.25) is 0 Å². The molecular formula is C24H21ClN2O3. The molecule has 6 heteroatoms. The second-order valence-electron chi connectivity index (χ2n) is 6.85. The SMILES string of the molecule is Cc1[nH]nc(-c2ccc(OCCc3ccc(Cl)cc3)cc2O)c1Oc1ccccc1. The summed E-state index contributed by atoms with van der Waals surface area (Å²) < 4.78 is 11.8. The van der Waals surface area contributed by atoms with E-state index in [1.165, 1.54) is 0 Å². The lowest BCUT2D eigenvalue weighted by atomic mass is 10.1. The van der Waals surface area contributed by atoms with E-state index in [2.05, 4.69) is 10.2 Å². The Morgan fingerprint density at radius 3 is 2.47 bits per heavy atom. The van der Waals surface area contributed by atoms with Crippen LogP contribution in [0.2, 0.25) is 5.02 Å². The Labute approximate surface area is 179 Å². The van der Waals surface area contributed by atoms with Gasteiger partial charge in [0.25, 0.3) is 0 Å². The summed E-state index contributed by atoms with van der Waals surface area (Å²) in [4.78, 5) is 0. The van der Waals surface area contributed by atoms with Crippen LogP contribution in [0.3, 0.4) is 0 Å². The Morgan fingerprint density at radius 2 is 1.73 bits per heavy atom. The van der Waals surface area contributed by atoms with Crippen LogP contribution >= 0.6 is 11.6 Å². The first-order valence-corrected chi connectivity index (χ1v) is 9.96. The molecule has 0 radical (unpaired) electrons. The molecule has 3 aromatic carbocycles. The monoisotopic (exact) mass is 420 g/mol. The second kappa shape index (κ2) is 8.93. The summed E-state index contributed by atoms with van der Waals surface area (Å²) in [5, 5.41) is 18.5. The first-order chi connectivity index (χ1) is 14.6. The summed E-state index contributed by atoms with van der Waals surface area (Å²) >= 11 is 5.91. The first kappa shape index (κ1) is 19.9. The quantitative estimate of drug-likeness (QED) is 0.376. The van der Waals surface area contributed by atoms with Crippen molar-refractivity contribution >= 4 is 11.6 Å². The van der Waals surface area contributed by atoms with Crippen LogP contribution in [-0.4, -0.2) is 21.9 Å². The number of phenolic OH excluding ortho intramolecular Hbond substituents is 1. The van der Waals surface area contributed by atoms with Gasteiger partial charge < -0.3 is 14.6 Å². The van der Waals surface area contributed by atoms with Gasteiger partial charge in [-0.05, 0) is 48.9 Å². The van der Waals surface area contributed by atoms with Crippen LogP contribution in [0.4, 0.5) is 0 Å². The van der Waals surface area contributed by atoms with Crippen molar-refractivity contribution in [2.45, 2.75) is 13.3 Å². The van der Waals surface area contributed by atoms with Gasteiger partial charge in [-0.25, -0.2) is 0 Å². The average molecular weight is 421 g/mol. The average Bonchev–Trinajstić information content (AvgIpc) is 3.10. The molecular weight excluding hydrogens is 400 g/mol. The predicted octanol–water partition coefficient (Wildman–Crippen LogP) is 6.16. The molecule has 0 saturated heterocycles. The van der Waals surface area contributed by atoms with Crippen molar-refractivity contribution in [2.24, 2.45) is 0 Å². The van der Waals surface area contributed by atoms with Gasteiger partial charge in [0.15, 0.2) is 5.75 Å². The Bertz CT molecular complexity index is 1130. The van der Waals surface area contributed by atoms with Crippen LogP contribution in [0.15, 0.2) is 72.8 Å². The molecule has 5 nitrogen and oxygen atoms in total. The number of benzene rings is 3. The summed E-state index contributed by atoms with van der Waals surface area (Å²) in [7, 11) is 0. The van der Waals surface area contributed by atoms with E-state index >= 15 is 0 Å². The Kier molecular flexibility index (Phi) is 5.91. The molecule has 152 valence electrons. The molecule has 0 bridgehead atoms. The molecule has 4 rings (SSSR count). The zero-order valence-electron chi connectivity index (χ0n) is 16.4. The fourth-order valence-electron chi connectivity index (χ4n) is 3.07. The zero-order chi connectivity index (χ0) is 20.9. The molecule has 0 aliphatic heterocycles. The Morgan fingerprint density at radius 1 is 0.967 bits per heavy atom. The molecule has 0 spiro atoms. The maximum Gasteiger partial charge on any atom is 0.176 e. The maximum absolute atomic E-state index is 10.6. The molecule has 0 saturated carbocycles. The van der Waals surface area contributed by atoms with Gasteiger partial charge in [-0.2, -0.15) is 5.10 Å². The Hall–Kier alpha value is -3.44. The van der Waals surface area contributed by atoms with Crippen molar-refractivity contribution in [1.29, 1.82) is 0 Å². The van der Waals surface area contributed by atoms with Crippen molar-refractivity contribution in [3.63, 3.8) is 0 Å². The van der Waals surface area contributed by atoms with E-state index < -0.39 is 0 Å². The van der Waals surface area contributed by atoms with Gasteiger partial charge in [0.05, 0.1) is 12.3 Å². The lowest BCUT2D eigenvalue weighted by Gasteiger charge is -2.10. The zero-order valence-corrected chi connectivity index (χ0v) is 17.2. The summed E-state index contributed by atoms with van der Waals surface area (Å²) in [6.45, 7) is 2.37. The lowest BCUT2D eigenvalue weighted by Crippen LogP contribution is -2.01. The third kappa shape index (κ3) is 4.58. The van der Waals surface area contributed by atoms with Gasteiger partial charge in [0, 0.05) is 23.1 Å². The largest absolute Gasteiger partial charge is 0.507 e. The van der Waals surface area contributed by atoms with Crippen LogP contribution in [0, 0.1) is 6.92 Å². The lowest BCUT2D eigenvalue weighted by molar-refractivity contribution is 0.320. The number of H-pyrrole nitrogens is 1. The van der Waals surface area contributed by atoms with Crippen molar-refractivity contribution in [3.05, 3.63) is 89.1 Å². The second-order valence-corrected chi connectivity index (χ2v) is 7.28. The molecule has 0 atom stereocenters. The Balaban J connectivity index is 1.48. The number of aromatic hydroxyl groups is 1. The normalized spacial score (nSPS) is 10.7. The highest BCUT2D eigenvalue weighted by Gasteiger charge is 2.18. The van der Waals surface area contributed by atoms with E-state index in [9.17, 15) is 5.11 Å². The fourth-order valence-corrected chi connectivity index (χ4v) is 3.20.